The zero-order chi connectivity index (χ0) is 66.9. The fourth-order valence-corrected chi connectivity index (χ4v) is 12.9. The van der Waals surface area contributed by atoms with Gasteiger partial charge < -0.3 is 61.9 Å². The Morgan fingerprint density at radius 1 is 0.473 bits per heavy atom. The van der Waals surface area contributed by atoms with Crippen LogP contribution in [-0.4, -0.2) is 207 Å². The summed E-state index contributed by atoms with van der Waals surface area (Å²) in [4.78, 5) is 19.4. The molecule has 5 N–H and O–H groups in total. The highest BCUT2D eigenvalue weighted by molar-refractivity contribution is 7.81. The zero-order valence-corrected chi connectivity index (χ0v) is 53.3. The second-order valence-corrected chi connectivity index (χ2v) is 26.8. The number of carbonyl (C=O) groups is 1. The number of carboxylic acid groups (broad SMARTS) is 1. The van der Waals surface area contributed by atoms with Gasteiger partial charge >= 0.3 is 47.6 Å². The van der Waals surface area contributed by atoms with Crippen LogP contribution in [0.2, 0.25) is 0 Å². The van der Waals surface area contributed by atoms with Gasteiger partial charge in [0, 0.05) is 28.8 Å². The molecule has 0 bridgehead atoms. The van der Waals surface area contributed by atoms with E-state index >= 15 is 0 Å². The lowest BCUT2D eigenvalue weighted by molar-refractivity contribution is -0.371. The van der Waals surface area contributed by atoms with Gasteiger partial charge in [-0.3, -0.25) is 18.2 Å². The molecule has 5 aliphatic rings. The summed E-state index contributed by atoms with van der Waals surface area (Å²) >= 11 is 0. The fraction of sp³-hybridized carbons (Fsp3) is 0.745. The minimum Gasteiger partial charge on any atom is -0.479 e. The highest BCUT2D eigenvalue weighted by Crippen LogP contribution is 2.43. The van der Waals surface area contributed by atoms with Crippen molar-refractivity contribution in [1.29, 1.82) is 0 Å². The highest BCUT2D eigenvalue weighted by Gasteiger charge is 2.58. The molecule has 5 fully saturated rings. The molecule has 0 radical (unpaired) electrons. The van der Waals surface area contributed by atoms with Crippen LogP contribution >= 0.6 is 0 Å². The summed E-state index contributed by atoms with van der Waals surface area (Å²) in [6.45, 7) is 7.64. The van der Waals surface area contributed by atoms with Crippen LogP contribution in [0.15, 0.2) is 70.9 Å². The molecule has 36 nitrogen and oxygen atoms in total. The molecule has 7 rings (SSSR count). The van der Waals surface area contributed by atoms with Gasteiger partial charge in [-0.05, 0) is 52.8 Å². The Kier molecular flexibility index (Phi) is 25.9. The van der Waals surface area contributed by atoms with Crippen molar-refractivity contribution in [2.45, 2.75) is 178 Å². The second kappa shape index (κ2) is 31.8. The lowest BCUT2D eigenvalue weighted by Gasteiger charge is -2.51. The van der Waals surface area contributed by atoms with E-state index in [0.717, 1.165) is 0 Å². The Morgan fingerprint density at radius 2 is 0.901 bits per heavy atom. The minimum absolute atomic E-state index is 0.203. The van der Waals surface area contributed by atoms with Gasteiger partial charge in [0.05, 0.1) is 69.5 Å². The lowest BCUT2D eigenvalue weighted by Crippen LogP contribution is -2.65. The van der Waals surface area contributed by atoms with Crippen molar-refractivity contribution in [2.24, 2.45) is 45.7 Å². The van der Waals surface area contributed by atoms with Crippen molar-refractivity contribution in [1.82, 2.24) is 0 Å². The normalized spacial score (nSPS) is 37.6. The Bertz CT molecular complexity index is 3290. The molecule has 5 aliphatic heterocycles. The maximum atomic E-state index is 13.4. The van der Waals surface area contributed by atoms with Crippen LogP contribution in [0.1, 0.15) is 59.6 Å². The number of carboxylic acids is 1. The third kappa shape index (κ3) is 20.0. The molecule has 10 unspecified atom stereocenters. The average molecular weight is 1380 g/mol. The first-order valence-electron chi connectivity index (χ1n) is 28.3. The van der Waals surface area contributed by atoms with Crippen LogP contribution in [0.25, 0.3) is 20.9 Å². The summed E-state index contributed by atoms with van der Waals surface area (Å²) in [5, 5.41) is 18.7. The van der Waals surface area contributed by atoms with Crippen LogP contribution in [0.3, 0.4) is 0 Å². The third-order valence-electron chi connectivity index (χ3n) is 16.6. The molecule has 0 spiro atoms. The molecule has 0 saturated carbocycles. The monoisotopic (exact) mass is 1380 g/mol. The molecule has 2 aromatic carbocycles. The number of hydrogen-bond acceptors (Lipinski definition) is 27. The summed E-state index contributed by atoms with van der Waals surface area (Å²) in [7, 11) is -19.6. The minimum atomic E-state index is -5.53. The number of ether oxygens (including phenoxy) is 12. The molecule has 512 valence electrons. The standard InChI is InChI=1S/C51H74N6O30S4/c1-24-25(2)36(54-56-52)48(79-33(24)21-75-88(60,61)62)84-40-29(6)41(73-19-31-15-11-9-12-16-31)50(86-44(40)46(58)59)83-39-28(5)37(55-57-53)49(81-35(39)23-77-90(66,67)68)85-42-30(7)78-51(45(87-91(69,70)71)43(42)74-20-32-17-13-10-14-18-32)82-38-26(3)27(4)47(72-8)80-34(38)22-76-89(63,64)65/h9-18,24-30,33-45,47-51H,19-23H2,1-8H3,(H,58,59)(H,60,61,62)(H,63,64,65)(H,66,67,68)(H,69,70,71)/t24-,25-,26+,27?,28+,29-,30-,33?,34?,35?,36?,37?,38-,39-,40-,41?,42+,43?,44?,45?,47-,48+,49+,50+,51-/m0/s1. The average Bonchev–Trinajstić information content (AvgIpc) is 0.794. The van der Waals surface area contributed by atoms with Crippen molar-refractivity contribution in [3.05, 3.63) is 92.7 Å². The Labute approximate surface area is 524 Å². The number of rotatable bonds is 29. The predicted molar refractivity (Wildman–Crippen MR) is 303 cm³/mol. The van der Waals surface area contributed by atoms with E-state index in [9.17, 15) is 72.8 Å². The van der Waals surface area contributed by atoms with Gasteiger partial charge in [-0.25, -0.2) is 21.5 Å². The van der Waals surface area contributed by atoms with E-state index in [1.165, 1.54) is 27.9 Å². The summed E-state index contributed by atoms with van der Waals surface area (Å²) in [6, 6.07) is 14.0. The van der Waals surface area contributed by atoms with E-state index in [4.69, 9.17) is 65.2 Å². The Balaban J connectivity index is 1.25. The third-order valence-corrected chi connectivity index (χ3v) is 18.3. The molecule has 5 heterocycles. The highest BCUT2D eigenvalue weighted by atomic mass is 32.3. The molecule has 0 amide bonds. The topological polar surface area (TPSA) is 500 Å². The summed E-state index contributed by atoms with van der Waals surface area (Å²) in [5.74, 6) is -6.56. The predicted octanol–water partition coefficient (Wildman–Crippen LogP) is 3.89. The lowest BCUT2D eigenvalue weighted by atomic mass is 9.82. The summed E-state index contributed by atoms with van der Waals surface area (Å²) in [5.41, 5.74) is 20.9. The van der Waals surface area contributed by atoms with Gasteiger partial charge in [0.2, 0.25) is 0 Å². The van der Waals surface area contributed by atoms with Gasteiger partial charge in [0.25, 0.3) is 0 Å². The largest absolute Gasteiger partial charge is 0.479 e. The first kappa shape index (κ1) is 73.9. The smallest absolute Gasteiger partial charge is 0.397 e. The van der Waals surface area contributed by atoms with Crippen molar-refractivity contribution < 1.29 is 135 Å². The van der Waals surface area contributed by atoms with Crippen molar-refractivity contribution in [3.63, 3.8) is 0 Å². The zero-order valence-electron chi connectivity index (χ0n) is 50.0. The molecular formula is C51H74N6O30S4. The van der Waals surface area contributed by atoms with Gasteiger partial charge in [0.1, 0.15) is 36.6 Å². The molecule has 40 heteroatoms. The van der Waals surface area contributed by atoms with Crippen LogP contribution < -0.4 is 0 Å². The Morgan fingerprint density at radius 3 is 1.37 bits per heavy atom. The van der Waals surface area contributed by atoms with Crippen molar-refractivity contribution >= 4 is 47.6 Å². The molecule has 25 atom stereocenters. The maximum Gasteiger partial charge on any atom is 0.397 e. The van der Waals surface area contributed by atoms with Gasteiger partial charge in [-0.2, -0.15) is 33.7 Å². The fourth-order valence-electron chi connectivity index (χ4n) is 11.5. The molecule has 5 saturated heterocycles. The van der Waals surface area contributed by atoms with Crippen LogP contribution in [0.5, 0.6) is 0 Å². The summed E-state index contributed by atoms with van der Waals surface area (Å²) < 4.78 is 231. The van der Waals surface area contributed by atoms with E-state index in [1.807, 2.05) is 0 Å². The number of hydrogen-bond donors (Lipinski definition) is 5. The first-order valence-corrected chi connectivity index (χ1v) is 33.7. The molecular weight excluding hydrogens is 1300 g/mol. The maximum absolute atomic E-state index is 13.4. The number of methoxy groups -OCH3 is 1. The van der Waals surface area contributed by atoms with Gasteiger partial charge in [0.15, 0.2) is 43.7 Å². The van der Waals surface area contributed by atoms with E-state index in [0.29, 0.717) is 11.1 Å². The van der Waals surface area contributed by atoms with Gasteiger partial charge in [-0.1, -0.05) is 112 Å². The molecule has 2 aromatic rings. The SMILES string of the molecule is CO[C@H]1OC(COS(=O)(=O)O)[C@@H](O[C@@H]2O[C@@H](C)[C@@H](O[C@H]3OC(COS(=O)(=O)O)[C@@H](O[C@@H]4OC(C(=O)O)[C@@H](O[C@H]5OC(COS(=O)(=O)O)[C@@H](C)[C@H](C)C5N=[N+]=[N-])[C@H](C)C4OCc4ccccc4)[C@H](C)C3N=[N+]=[N-])C(OCc3ccccc3)C2OS(=O)(=O)O)[C@H](C)C1C. The van der Waals surface area contributed by atoms with Crippen molar-refractivity contribution in [2.75, 3.05) is 26.9 Å². The number of azide groups is 2. The van der Waals surface area contributed by atoms with Gasteiger partial charge in [-0.15, -0.1) is 0 Å². The van der Waals surface area contributed by atoms with E-state index in [2.05, 4.69) is 28.4 Å². The van der Waals surface area contributed by atoms with Crippen molar-refractivity contribution in [3.8, 4) is 0 Å². The van der Waals surface area contributed by atoms with E-state index in [1.54, 1.807) is 88.4 Å². The number of nitrogens with zero attached hydrogens (tertiary/aromatic N) is 6. The van der Waals surface area contributed by atoms with E-state index in [-0.39, 0.29) is 13.2 Å². The van der Waals surface area contributed by atoms with Crippen LogP contribution in [0.4, 0.5) is 0 Å². The Hall–Kier alpha value is -4.47. The first-order chi connectivity index (χ1) is 42.7. The van der Waals surface area contributed by atoms with Crippen LogP contribution in [-0.2, 0) is 133 Å². The van der Waals surface area contributed by atoms with E-state index < -0.39 is 220 Å². The van der Waals surface area contributed by atoms with Crippen LogP contribution in [0, 0.1) is 35.5 Å². The molecule has 0 aromatic heterocycles. The molecule has 0 aliphatic carbocycles. The number of benzene rings is 2. The second-order valence-electron chi connectivity index (χ2n) is 22.4. The molecule has 91 heavy (non-hydrogen) atoms. The quantitative estimate of drug-likeness (QED) is 0.0334. The number of aliphatic carboxylic acids is 1. The summed E-state index contributed by atoms with van der Waals surface area (Å²) in [6.07, 6.45) is -27.4.